The predicted octanol–water partition coefficient (Wildman–Crippen LogP) is 6.04. The average Bonchev–Trinajstić information content (AvgIpc) is 2.87. The Kier molecular flexibility index (Phi) is 10.6. The van der Waals surface area contributed by atoms with Crippen LogP contribution in [0.3, 0.4) is 0 Å². The number of ether oxygens (including phenoxy) is 1. The Bertz CT molecular complexity index is 1090. The summed E-state index contributed by atoms with van der Waals surface area (Å²) < 4.78 is 6.70. The molecular weight excluding hydrogens is 528 g/mol. The molecule has 1 unspecified atom stereocenters. The topological polar surface area (TPSA) is 58.6 Å². The number of nitrogens with one attached hydrogen (secondary N) is 1. The van der Waals surface area contributed by atoms with E-state index >= 15 is 0 Å². The third-order valence-corrected chi connectivity index (χ3v) is 6.40. The molecule has 0 fully saturated rings. The van der Waals surface area contributed by atoms with Gasteiger partial charge in [-0.15, -0.1) is 0 Å². The van der Waals surface area contributed by atoms with Gasteiger partial charge in [0.2, 0.25) is 5.91 Å². The molecule has 184 valence electrons. The molecule has 5 nitrogen and oxygen atoms in total. The summed E-state index contributed by atoms with van der Waals surface area (Å²) in [4.78, 5) is 28.5. The fourth-order valence-electron chi connectivity index (χ4n) is 3.63. The van der Waals surface area contributed by atoms with E-state index in [4.69, 9.17) is 16.3 Å². The van der Waals surface area contributed by atoms with Crippen molar-refractivity contribution in [1.29, 1.82) is 0 Å². The first-order valence-electron chi connectivity index (χ1n) is 11.7. The number of carbonyl (C=O) groups excluding carboxylic acids is 2. The van der Waals surface area contributed by atoms with Crippen molar-refractivity contribution in [2.45, 2.75) is 38.8 Å². The number of unbranched alkanes of at least 4 members (excludes halogenated alkanes) is 1. The van der Waals surface area contributed by atoms with E-state index < -0.39 is 6.04 Å². The lowest BCUT2D eigenvalue weighted by Crippen LogP contribution is -2.51. The van der Waals surface area contributed by atoms with Gasteiger partial charge in [0, 0.05) is 24.0 Å². The Morgan fingerprint density at radius 3 is 2.34 bits per heavy atom. The second-order valence-electron chi connectivity index (χ2n) is 8.22. The third-order valence-electron chi connectivity index (χ3n) is 5.55. The van der Waals surface area contributed by atoms with Crippen LogP contribution < -0.4 is 10.1 Å². The number of halogens is 2. The highest BCUT2D eigenvalue weighted by molar-refractivity contribution is 9.10. The number of rotatable bonds is 12. The van der Waals surface area contributed by atoms with Gasteiger partial charge in [0.1, 0.15) is 11.8 Å². The summed E-state index contributed by atoms with van der Waals surface area (Å²) in [5.41, 5.74) is 1.89. The molecule has 3 rings (SSSR count). The van der Waals surface area contributed by atoms with E-state index in [1.165, 1.54) is 0 Å². The second-order valence-corrected chi connectivity index (χ2v) is 9.54. The fourth-order valence-corrected chi connectivity index (χ4v) is 4.09. The van der Waals surface area contributed by atoms with Crippen LogP contribution >= 0.6 is 27.5 Å². The summed E-state index contributed by atoms with van der Waals surface area (Å²) in [6, 6.07) is 23.8. The average molecular weight is 558 g/mol. The second kappa shape index (κ2) is 13.9. The number of hydrogen-bond acceptors (Lipinski definition) is 3. The van der Waals surface area contributed by atoms with Crippen molar-refractivity contribution < 1.29 is 14.3 Å². The van der Waals surface area contributed by atoms with E-state index in [9.17, 15) is 9.59 Å². The van der Waals surface area contributed by atoms with E-state index in [0.29, 0.717) is 23.7 Å². The maximum absolute atomic E-state index is 13.5. The molecular formula is C28H30BrClN2O3. The van der Waals surface area contributed by atoms with Crippen molar-refractivity contribution in [2.24, 2.45) is 0 Å². The summed E-state index contributed by atoms with van der Waals surface area (Å²) >= 11 is 9.66. The summed E-state index contributed by atoms with van der Waals surface area (Å²) in [6.07, 6.45) is 2.24. The summed E-state index contributed by atoms with van der Waals surface area (Å²) in [5.74, 6) is -0.0389. The van der Waals surface area contributed by atoms with Gasteiger partial charge in [-0.1, -0.05) is 95.5 Å². The number of benzene rings is 3. The molecule has 0 radical (unpaired) electrons. The van der Waals surface area contributed by atoms with Gasteiger partial charge >= 0.3 is 0 Å². The summed E-state index contributed by atoms with van der Waals surface area (Å²) in [6.45, 7) is 2.69. The molecule has 7 heteroatoms. The van der Waals surface area contributed by atoms with Crippen LogP contribution in [-0.2, 0) is 22.6 Å². The quantitative estimate of drug-likeness (QED) is 0.276. The first-order valence-corrected chi connectivity index (χ1v) is 12.9. The summed E-state index contributed by atoms with van der Waals surface area (Å²) in [7, 11) is 0. The monoisotopic (exact) mass is 556 g/mol. The minimum Gasteiger partial charge on any atom is -0.482 e. The number of hydrogen-bond donors (Lipinski definition) is 1. The molecule has 0 saturated heterocycles. The van der Waals surface area contributed by atoms with Gasteiger partial charge in [0.05, 0.1) is 5.02 Å². The van der Waals surface area contributed by atoms with E-state index in [-0.39, 0.29) is 25.0 Å². The Morgan fingerprint density at radius 2 is 1.66 bits per heavy atom. The van der Waals surface area contributed by atoms with Crippen molar-refractivity contribution in [3.8, 4) is 5.75 Å². The number of para-hydroxylation sites is 1. The van der Waals surface area contributed by atoms with Crippen molar-refractivity contribution >= 4 is 39.3 Å². The molecule has 0 aromatic heterocycles. The van der Waals surface area contributed by atoms with Crippen molar-refractivity contribution in [1.82, 2.24) is 10.2 Å². The molecule has 1 atom stereocenters. The van der Waals surface area contributed by atoms with Crippen LogP contribution in [0.15, 0.2) is 83.3 Å². The molecule has 2 amide bonds. The first-order chi connectivity index (χ1) is 17.0. The highest BCUT2D eigenvalue weighted by atomic mass is 79.9. The van der Waals surface area contributed by atoms with Crippen LogP contribution in [0.2, 0.25) is 5.02 Å². The largest absolute Gasteiger partial charge is 0.482 e. The highest BCUT2D eigenvalue weighted by Gasteiger charge is 2.30. The molecule has 0 bridgehead atoms. The van der Waals surface area contributed by atoms with E-state index in [1.807, 2.05) is 54.6 Å². The van der Waals surface area contributed by atoms with Crippen LogP contribution in [-0.4, -0.2) is 35.9 Å². The number of nitrogens with zero attached hydrogens (tertiary/aromatic N) is 1. The van der Waals surface area contributed by atoms with Crippen LogP contribution in [0.4, 0.5) is 0 Å². The minimum atomic E-state index is -0.694. The Balaban J connectivity index is 1.88. The van der Waals surface area contributed by atoms with E-state index in [0.717, 1.165) is 28.4 Å². The maximum Gasteiger partial charge on any atom is 0.261 e. The maximum atomic E-state index is 13.5. The zero-order valence-corrected chi connectivity index (χ0v) is 22.1. The lowest BCUT2D eigenvalue weighted by Gasteiger charge is -2.31. The Hall–Kier alpha value is -2.83. The molecule has 1 N–H and O–H groups in total. The van der Waals surface area contributed by atoms with Gasteiger partial charge in [-0.2, -0.15) is 0 Å². The molecule has 0 spiro atoms. The van der Waals surface area contributed by atoms with E-state index in [2.05, 4.69) is 28.2 Å². The molecule has 0 heterocycles. The molecule has 3 aromatic rings. The molecule has 0 aliphatic heterocycles. The van der Waals surface area contributed by atoms with Crippen molar-refractivity contribution in [3.63, 3.8) is 0 Å². The normalized spacial score (nSPS) is 11.5. The molecule has 0 saturated carbocycles. The standard InChI is InChI=1S/C28H30BrClN2O3/c1-2-3-17-31-28(34)25(18-21-9-5-4-6-10-21)32(19-22-13-15-23(29)16-14-22)27(33)20-35-26-12-8-7-11-24(26)30/h4-16,25H,2-3,17-20H2,1H3,(H,31,34). The third kappa shape index (κ3) is 8.41. The van der Waals surface area contributed by atoms with Gasteiger partial charge in [0.15, 0.2) is 6.61 Å². The van der Waals surface area contributed by atoms with Crippen molar-refractivity contribution in [2.75, 3.05) is 13.2 Å². The lowest BCUT2D eigenvalue weighted by molar-refractivity contribution is -0.142. The number of amides is 2. The molecule has 35 heavy (non-hydrogen) atoms. The lowest BCUT2D eigenvalue weighted by atomic mass is 10.0. The van der Waals surface area contributed by atoms with E-state index in [1.54, 1.807) is 29.2 Å². The minimum absolute atomic E-state index is 0.175. The van der Waals surface area contributed by atoms with Gasteiger partial charge in [-0.3, -0.25) is 9.59 Å². The Labute approximate surface area is 220 Å². The zero-order valence-electron chi connectivity index (χ0n) is 19.8. The van der Waals surface area contributed by atoms with Crippen LogP contribution in [0.5, 0.6) is 5.75 Å². The Morgan fingerprint density at radius 1 is 0.971 bits per heavy atom. The highest BCUT2D eigenvalue weighted by Crippen LogP contribution is 2.24. The predicted molar refractivity (Wildman–Crippen MR) is 143 cm³/mol. The van der Waals surface area contributed by atoms with Gasteiger partial charge in [-0.25, -0.2) is 0 Å². The van der Waals surface area contributed by atoms with Crippen molar-refractivity contribution in [3.05, 3.63) is 99.5 Å². The number of carbonyl (C=O) groups is 2. The van der Waals surface area contributed by atoms with Gasteiger partial charge in [0.25, 0.3) is 5.91 Å². The van der Waals surface area contributed by atoms with Crippen LogP contribution in [0, 0.1) is 0 Å². The fraction of sp³-hybridized carbons (Fsp3) is 0.286. The van der Waals surface area contributed by atoms with Crippen LogP contribution in [0.1, 0.15) is 30.9 Å². The van der Waals surface area contributed by atoms with Gasteiger partial charge < -0.3 is 15.0 Å². The molecule has 0 aliphatic carbocycles. The first kappa shape index (κ1) is 26.8. The van der Waals surface area contributed by atoms with Gasteiger partial charge in [-0.05, 0) is 41.8 Å². The zero-order chi connectivity index (χ0) is 25.0. The van der Waals surface area contributed by atoms with Crippen LogP contribution in [0.25, 0.3) is 0 Å². The summed E-state index contributed by atoms with van der Waals surface area (Å²) in [5, 5.41) is 3.44. The molecule has 0 aliphatic rings. The SMILES string of the molecule is CCCCNC(=O)C(Cc1ccccc1)N(Cc1ccc(Br)cc1)C(=O)COc1ccccc1Cl. The molecule has 3 aromatic carbocycles. The smallest absolute Gasteiger partial charge is 0.261 e.